The van der Waals surface area contributed by atoms with Gasteiger partial charge < -0.3 is 30.9 Å². The number of aliphatic carboxylic acids is 3. The van der Waals surface area contributed by atoms with Gasteiger partial charge in [0.25, 0.3) is 0 Å². The second-order valence-electron chi connectivity index (χ2n) is 2.64. The second kappa shape index (κ2) is 10.8. The van der Waals surface area contributed by atoms with Crippen molar-refractivity contribution in [3.63, 3.8) is 0 Å². The van der Waals surface area contributed by atoms with Crippen LogP contribution < -0.4 is 5.73 Å². The molecule has 0 aromatic heterocycles. The molecule has 0 saturated carbocycles. The smallest absolute Gasteiger partial charge is 0.333 e. The lowest BCUT2D eigenvalue weighted by Crippen LogP contribution is -2.29. The van der Waals surface area contributed by atoms with E-state index in [2.05, 4.69) is 4.74 Å². The van der Waals surface area contributed by atoms with E-state index in [0.29, 0.717) is 6.54 Å². The highest BCUT2D eigenvalue weighted by atomic mass is 16.5. The normalized spacial score (nSPS) is 10.9. The molecular weight excluding hydrogens is 238 g/mol. The van der Waals surface area contributed by atoms with E-state index in [1.165, 1.54) is 0 Å². The van der Waals surface area contributed by atoms with Gasteiger partial charge in [0.1, 0.15) is 6.61 Å². The molecule has 0 aliphatic heterocycles. The first-order chi connectivity index (χ1) is 7.84. The summed E-state index contributed by atoms with van der Waals surface area (Å²) in [6, 6.07) is 0. The lowest BCUT2D eigenvalue weighted by molar-refractivity contribution is -0.161. The molecule has 1 atom stereocenters. The van der Waals surface area contributed by atoms with Crippen molar-refractivity contribution >= 4 is 17.9 Å². The maximum absolute atomic E-state index is 10.3. The first-order valence-electron chi connectivity index (χ1n) is 4.44. The zero-order valence-electron chi connectivity index (χ0n) is 8.90. The highest BCUT2D eigenvalue weighted by Gasteiger charge is 2.22. The van der Waals surface area contributed by atoms with Gasteiger partial charge in [-0.25, -0.2) is 9.59 Å². The third-order valence-corrected chi connectivity index (χ3v) is 1.17. The summed E-state index contributed by atoms with van der Waals surface area (Å²) in [6.45, 7) is -0.357. The van der Waals surface area contributed by atoms with Crippen LogP contribution in [-0.4, -0.2) is 64.2 Å². The monoisotopic (exact) mass is 253 g/mol. The van der Waals surface area contributed by atoms with E-state index in [-0.39, 0.29) is 6.61 Å². The topological polar surface area (TPSA) is 167 Å². The lowest BCUT2D eigenvalue weighted by Gasteiger charge is -2.08. The van der Waals surface area contributed by atoms with Crippen LogP contribution in [0.15, 0.2) is 0 Å². The molecule has 100 valence electrons. The van der Waals surface area contributed by atoms with Crippen molar-refractivity contribution in [2.75, 3.05) is 19.8 Å². The summed E-state index contributed by atoms with van der Waals surface area (Å²) >= 11 is 0. The van der Waals surface area contributed by atoms with Gasteiger partial charge in [0.05, 0.1) is 13.0 Å². The molecular formula is C8H15NO8. The Labute approximate surface area is 96.4 Å². The van der Waals surface area contributed by atoms with Crippen LogP contribution in [0.2, 0.25) is 0 Å². The Balaban J connectivity index is 0. The average Bonchev–Trinajstić information content (AvgIpc) is 2.23. The summed E-state index contributed by atoms with van der Waals surface area (Å²) in [4.78, 5) is 30.3. The number of aliphatic hydroxyl groups is 1. The van der Waals surface area contributed by atoms with Crippen molar-refractivity contribution in [2.45, 2.75) is 12.5 Å². The highest BCUT2D eigenvalue weighted by Crippen LogP contribution is 1.98. The molecule has 6 N–H and O–H groups in total. The van der Waals surface area contributed by atoms with E-state index in [4.69, 9.17) is 26.2 Å². The molecule has 1 unspecified atom stereocenters. The first kappa shape index (κ1) is 17.7. The van der Waals surface area contributed by atoms with Crippen LogP contribution in [0, 0.1) is 0 Å². The fourth-order valence-corrected chi connectivity index (χ4v) is 0.548. The van der Waals surface area contributed by atoms with Crippen LogP contribution in [0.1, 0.15) is 6.42 Å². The van der Waals surface area contributed by atoms with Crippen molar-refractivity contribution in [3.05, 3.63) is 0 Å². The number of nitrogens with two attached hydrogens (primary N) is 1. The molecule has 9 nitrogen and oxygen atoms in total. The minimum absolute atomic E-state index is 0.0972. The number of carboxylic acids is 3. The number of hydrogen-bond donors (Lipinski definition) is 5. The van der Waals surface area contributed by atoms with Gasteiger partial charge in [-0.15, -0.1) is 0 Å². The first-order valence-corrected chi connectivity index (χ1v) is 4.44. The lowest BCUT2D eigenvalue weighted by atomic mass is 10.2. The summed E-state index contributed by atoms with van der Waals surface area (Å²) in [5.41, 5.74) is 4.78. The number of rotatable bonds is 7. The number of ether oxygens (including phenoxy) is 1. The van der Waals surface area contributed by atoms with E-state index >= 15 is 0 Å². The van der Waals surface area contributed by atoms with Gasteiger partial charge in [-0.1, -0.05) is 0 Å². The SMILES string of the molecule is NCCO.O=C(O)COC(CC(=O)O)C(=O)O. The average molecular weight is 253 g/mol. The second-order valence-corrected chi connectivity index (χ2v) is 2.64. The molecule has 0 bridgehead atoms. The minimum atomic E-state index is -1.62. The fraction of sp³-hybridized carbons (Fsp3) is 0.625. The van der Waals surface area contributed by atoms with Gasteiger partial charge in [-0.05, 0) is 0 Å². The molecule has 0 fully saturated rings. The van der Waals surface area contributed by atoms with Crippen LogP contribution in [0.25, 0.3) is 0 Å². The molecule has 17 heavy (non-hydrogen) atoms. The highest BCUT2D eigenvalue weighted by molar-refractivity contribution is 5.80. The molecule has 0 radical (unpaired) electrons. The summed E-state index contributed by atoms with van der Waals surface area (Å²) in [7, 11) is 0. The van der Waals surface area contributed by atoms with Crippen LogP contribution in [0.5, 0.6) is 0 Å². The molecule has 0 amide bonds. The van der Waals surface area contributed by atoms with Crippen molar-refractivity contribution in [1.29, 1.82) is 0 Å². The number of carboxylic acid groups (broad SMARTS) is 3. The fourth-order valence-electron chi connectivity index (χ4n) is 0.548. The molecule has 0 rings (SSSR count). The summed E-state index contributed by atoms with van der Waals surface area (Å²) in [5, 5.41) is 32.4. The minimum Gasteiger partial charge on any atom is -0.481 e. The molecule has 9 heteroatoms. The van der Waals surface area contributed by atoms with Crippen molar-refractivity contribution in [3.8, 4) is 0 Å². The van der Waals surface area contributed by atoms with Crippen molar-refractivity contribution in [2.24, 2.45) is 5.73 Å². The van der Waals surface area contributed by atoms with Gasteiger partial charge in [0.15, 0.2) is 6.10 Å². The van der Waals surface area contributed by atoms with Crippen LogP contribution in [0.4, 0.5) is 0 Å². The van der Waals surface area contributed by atoms with Gasteiger partial charge in [-0.3, -0.25) is 4.79 Å². The quantitative estimate of drug-likeness (QED) is 0.343. The molecule has 0 saturated heterocycles. The van der Waals surface area contributed by atoms with Gasteiger partial charge in [-0.2, -0.15) is 0 Å². The molecule has 0 aliphatic carbocycles. The zero-order chi connectivity index (χ0) is 13.8. The number of carbonyl (C=O) groups is 3. The van der Waals surface area contributed by atoms with Crippen molar-refractivity contribution in [1.82, 2.24) is 0 Å². The largest absolute Gasteiger partial charge is 0.481 e. The van der Waals surface area contributed by atoms with Gasteiger partial charge >= 0.3 is 17.9 Å². The standard InChI is InChI=1S/C6H8O7.C2H7NO/c7-4(8)1-3(6(11)12)13-2-5(9)10;3-1-2-4/h3H,1-2H2,(H,7,8)(H,9,10)(H,11,12);4H,1-3H2. The molecule has 0 aliphatic rings. The molecule has 0 aromatic rings. The predicted molar refractivity (Wildman–Crippen MR) is 53.4 cm³/mol. The van der Waals surface area contributed by atoms with Gasteiger partial charge in [0, 0.05) is 6.54 Å². The molecule has 0 spiro atoms. The summed E-state index contributed by atoms with van der Waals surface area (Å²) < 4.78 is 4.30. The maximum Gasteiger partial charge on any atom is 0.333 e. The Morgan fingerprint density at radius 1 is 1.12 bits per heavy atom. The van der Waals surface area contributed by atoms with Crippen LogP contribution >= 0.6 is 0 Å². The maximum atomic E-state index is 10.3. The number of hydrogen-bond acceptors (Lipinski definition) is 6. The number of aliphatic hydroxyl groups excluding tert-OH is 1. The van der Waals surface area contributed by atoms with Crippen LogP contribution in [-0.2, 0) is 19.1 Å². The van der Waals surface area contributed by atoms with Gasteiger partial charge in [0.2, 0.25) is 0 Å². The summed E-state index contributed by atoms with van der Waals surface area (Å²) in [6.07, 6.45) is -2.38. The molecule has 0 heterocycles. The van der Waals surface area contributed by atoms with E-state index in [0.717, 1.165) is 0 Å². The molecule has 0 aromatic carbocycles. The Morgan fingerprint density at radius 2 is 1.59 bits per heavy atom. The third-order valence-electron chi connectivity index (χ3n) is 1.17. The van der Waals surface area contributed by atoms with Crippen LogP contribution in [0.3, 0.4) is 0 Å². The third kappa shape index (κ3) is 14.3. The Bertz CT molecular complexity index is 252. The summed E-state index contributed by atoms with van der Waals surface area (Å²) in [5.74, 6) is -4.21. The predicted octanol–water partition coefficient (Wildman–Crippen LogP) is -2.05. The van der Waals surface area contributed by atoms with Crippen molar-refractivity contribution < 1.29 is 39.5 Å². The van der Waals surface area contributed by atoms with E-state index in [9.17, 15) is 14.4 Å². The zero-order valence-corrected chi connectivity index (χ0v) is 8.90. The van der Waals surface area contributed by atoms with E-state index in [1.807, 2.05) is 0 Å². The Kier molecular flexibility index (Phi) is 11.2. The Morgan fingerprint density at radius 3 is 1.82 bits per heavy atom. The Hall–Kier alpha value is -1.71. The van der Waals surface area contributed by atoms with E-state index < -0.39 is 37.0 Å². The van der Waals surface area contributed by atoms with E-state index in [1.54, 1.807) is 0 Å².